The minimum Gasteiger partial charge on any atom is -0.507 e. The van der Waals surface area contributed by atoms with Crippen molar-refractivity contribution < 1.29 is 5.11 Å². The highest BCUT2D eigenvalue weighted by molar-refractivity contribution is 6.02. The average Bonchev–Trinajstić information content (AvgIpc) is 2.83. The van der Waals surface area contributed by atoms with Crippen molar-refractivity contribution in [3.63, 3.8) is 0 Å². The van der Waals surface area contributed by atoms with Crippen LogP contribution in [0.25, 0.3) is 0 Å². The Morgan fingerprint density at radius 3 is 2.47 bits per heavy atom. The number of allylic oxidation sites excluding steroid dienone is 1. The van der Waals surface area contributed by atoms with Crippen LogP contribution in [0, 0.1) is 12.8 Å². The molecule has 3 nitrogen and oxygen atoms in total. The number of aliphatic imine (C=N–C) groups is 1. The smallest absolute Gasteiger partial charge is 0.124 e. The molecule has 1 N–H and O–H groups in total. The van der Waals surface area contributed by atoms with Gasteiger partial charge < -0.3 is 10.0 Å². The number of rotatable bonds is 15. The zero-order valence-electron chi connectivity index (χ0n) is 22.2. The lowest BCUT2D eigenvalue weighted by molar-refractivity contribution is 0.295. The average molecular weight is 463 g/mol. The number of unbranched alkanes of at least 4 members (excludes halogenated alkanes) is 3. The number of phenolic OH excluding ortho intramolecular Hbond substituents is 1. The number of aromatic hydroxyl groups is 1. The molecule has 1 unspecified atom stereocenters. The minimum absolute atomic E-state index is 0.293. The van der Waals surface area contributed by atoms with E-state index in [-0.39, 0.29) is 0 Å². The monoisotopic (exact) mass is 462 g/mol. The van der Waals surface area contributed by atoms with Gasteiger partial charge in [-0.05, 0) is 81.2 Å². The van der Waals surface area contributed by atoms with Gasteiger partial charge >= 0.3 is 0 Å². The zero-order valence-corrected chi connectivity index (χ0v) is 22.2. The van der Waals surface area contributed by atoms with E-state index in [4.69, 9.17) is 4.99 Å². The molecule has 0 bridgehead atoms. The largest absolute Gasteiger partial charge is 0.507 e. The summed E-state index contributed by atoms with van der Waals surface area (Å²) in [7, 11) is 0. The van der Waals surface area contributed by atoms with Crippen LogP contribution >= 0.6 is 0 Å². The van der Waals surface area contributed by atoms with Crippen LogP contribution in [0.3, 0.4) is 0 Å². The van der Waals surface area contributed by atoms with Gasteiger partial charge in [0.15, 0.2) is 0 Å². The van der Waals surface area contributed by atoms with Crippen molar-refractivity contribution in [3.8, 4) is 5.75 Å². The van der Waals surface area contributed by atoms with Crippen LogP contribution in [0.5, 0.6) is 5.75 Å². The highest BCUT2D eigenvalue weighted by Crippen LogP contribution is 2.25. The van der Waals surface area contributed by atoms with Gasteiger partial charge in [-0.15, -0.1) is 0 Å². The van der Waals surface area contributed by atoms with Gasteiger partial charge in [-0.1, -0.05) is 70.9 Å². The maximum absolute atomic E-state index is 10.4. The molecule has 0 heterocycles. The normalized spacial score (nSPS) is 12.6. The van der Waals surface area contributed by atoms with Crippen molar-refractivity contribution in [1.82, 2.24) is 4.90 Å². The SMILES string of the molecule is C=C(C(C)CCCCC)N(CCC)CCCCc1ccc(O)c(C(C)=Nc2ccccc2C)c1. The Kier molecular flexibility index (Phi) is 11.9. The van der Waals surface area contributed by atoms with Crippen LogP contribution in [-0.4, -0.2) is 28.8 Å². The molecular formula is C31H46N2O. The number of phenols is 1. The fourth-order valence-electron chi connectivity index (χ4n) is 4.44. The molecule has 0 aliphatic rings. The van der Waals surface area contributed by atoms with Crippen LogP contribution in [0.15, 0.2) is 59.7 Å². The predicted octanol–water partition coefficient (Wildman–Crippen LogP) is 8.61. The van der Waals surface area contributed by atoms with E-state index in [1.54, 1.807) is 0 Å². The van der Waals surface area contributed by atoms with Crippen molar-refractivity contribution in [3.05, 3.63) is 71.4 Å². The third kappa shape index (κ3) is 8.66. The van der Waals surface area contributed by atoms with E-state index < -0.39 is 0 Å². The first kappa shape index (κ1) is 27.7. The molecule has 0 spiro atoms. The summed E-state index contributed by atoms with van der Waals surface area (Å²) >= 11 is 0. The molecule has 2 aromatic carbocycles. The first-order valence-electron chi connectivity index (χ1n) is 13.2. The summed E-state index contributed by atoms with van der Waals surface area (Å²) in [4.78, 5) is 7.29. The molecule has 0 saturated carbocycles. The number of benzene rings is 2. The first-order chi connectivity index (χ1) is 16.4. The Labute approximate surface area is 208 Å². The summed E-state index contributed by atoms with van der Waals surface area (Å²) in [6.07, 6.45) is 9.55. The number of hydrogen-bond donors (Lipinski definition) is 1. The van der Waals surface area contributed by atoms with E-state index in [0.717, 1.165) is 61.3 Å². The van der Waals surface area contributed by atoms with Gasteiger partial charge in [0.25, 0.3) is 0 Å². The van der Waals surface area contributed by atoms with Gasteiger partial charge in [-0.25, -0.2) is 0 Å². The second kappa shape index (κ2) is 14.7. The Bertz CT molecular complexity index is 931. The van der Waals surface area contributed by atoms with Crippen molar-refractivity contribution in [2.24, 2.45) is 10.9 Å². The van der Waals surface area contributed by atoms with Gasteiger partial charge in [0, 0.05) is 30.1 Å². The standard InChI is InChI=1S/C31H46N2O/c1-7-9-10-15-24(3)27(6)33(21-8-2)22-14-13-17-28-19-20-31(34)29(23-28)26(5)32-30-18-12-11-16-25(30)4/h11-12,16,18-20,23-24,34H,6-10,13-15,17,21-22H2,1-5H3. The molecule has 1 atom stereocenters. The second-order valence-electron chi connectivity index (χ2n) is 9.67. The Balaban J connectivity index is 1.95. The molecule has 0 saturated heterocycles. The Hall–Kier alpha value is -2.55. The molecule has 2 rings (SSSR count). The summed E-state index contributed by atoms with van der Waals surface area (Å²) in [5.41, 5.74) is 6.31. The van der Waals surface area contributed by atoms with Crippen molar-refractivity contribution in [1.29, 1.82) is 0 Å². The van der Waals surface area contributed by atoms with Crippen molar-refractivity contribution in [2.75, 3.05) is 13.1 Å². The Morgan fingerprint density at radius 2 is 1.76 bits per heavy atom. The van der Waals surface area contributed by atoms with E-state index in [2.05, 4.69) is 51.3 Å². The molecule has 0 aliphatic carbocycles. The highest BCUT2D eigenvalue weighted by Gasteiger charge is 2.14. The van der Waals surface area contributed by atoms with Crippen molar-refractivity contribution >= 4 is 11.4 Å². The predicted molar refractivity (Wildman–Crippen MR) is 148 cm³/mol. The quantitative estimate of drug-likeness (QED) is 0.212. The fourth-order valence-corrected chi connectivity index (χ4v) is 4.44. The van der Waals surface area contributed by atoms with Crippen molar-refractivity contribution in [2.45, 2.75) is 86.0 Å². The van der Waals surface area contributed by atoms with Gasteiger partial charge in [-0.3, -0.25) is 4.99 Å². The van der Waals surface area contributed by atoms with E-state index >= 15 is 0 Å². The van der Waals surface area contributed by atoms with Gasteiger partial charge in [0.05, 0.1) is 5.69 Å². The molecule has 0 aliphatic heterocycles. The summed E-state index contributed by atoms with van der Waals surface area (Å²) < 4.78 is 0. The molecule has 0 radical (unpaired) electrons. The topological polar surface area (TPSA) is 35.8 Å². The summed E-state index contributed by atoms with van der Waals surface area (Å²) in [5.74, 6) is 0.856. The summed E-state index contributed by atoms with van der Waals surface area (Å²) in [6.45, 7) is 17.5. The minimum atomic E-state index is 0.293. The van der Waals surface area contributed by atoms with E-state index in [9.17, 15) is 5.11 Å². The van der Waals surface area contributed by atoms with Crippen LogP contribution in [0.1, 0.15) is 89.3 Å². The summed E-state index contributed by atoms with van der Waals surface area (Å²) in [5, 5.41) is 10.4. The van der Waals surface area contributed by atoms with Crippen LogP contribution in [0.4, 0.5) is 5.69 Å². The lowest BCUT2D eigenvalue weighted by Gasteiger charge is -2.30. The number of para-hydroxylation sites is 1. The highest BCUT2D eigenvalue weighted by atomic mass is 16.3. The lowest BCUT2D eigenvalue weighted by atomic mass is 9.99. The van der Waals surface area contributed by atoms with Gasteiger partial charge in [0.2, 0.25) is 0 Å². The maximum atomic E-state index is 10.4. The number of hydrogen-bond acceptors (Lipinski definition) is 3. The fraction of sp³-hybridized carbons (Fsp3) is 0.516. The van der Waals surface area contributed by atoms with Gasteiger partial charge in [-0.2, -0.15) is 0 Å². The van der Waals surface area contributed by atoms with Gasteiger partial charge in [0.1, 0.15) is 5.75 Å². The third-order valence-electron chi connectivity index (χ3n) is 6.71. The first-order valence-corrected chi connectivity index (χ1v) is 13.2. The second-order valence-corrected chi connectivity index (χ2v) is 9.67. The third-order valence-corrected chi connectivity index (χ3v) is 6.71. The molecular weight excluding hydrogens is 416 g/mol. The summed E-state index contributed by atoms with van der Waals surface area (Å²) in [6, 6.07) is 14.0. The van der Waals surface area contributed by atoms with Crippen LogP contribution < -0.4 is 0 Å². The molecule has 0 aromatic heterocycles. The molecule has 0 fully saturated rings. The molecule has 34 heavy (non-hydrogen) atoms. The number of nitrogens with zero attached hydrogens (tertiary/aromatic N) is 2. The lowest BCUT2D eigenvalue weighted by Crippen LogP contribution is -2.28. The van der Waals surface area contributed by atoms with Crippen LogP contribution in [-0.2, 0) is 6.42 Å². The maximum Gasteiger partial charge on any atom is 0.124 e. The molecule has 0 amide bonds. The molecule has 3 heteroatoms. The van der Waals surface area contributed by atoms with Crippen LogP contribution in [0.2, 0.25) is 0 Å². The van der Waals surface area contributed by atoms with E-state index in [1.807, 2.05) is 37.3 Å². The molecule has 186 valence electrons. The van der Waals surface area contributed by atoms with E-state index in [0.29, 0.717) is 11.7 Å². The molecule has 2 aromatic rings. The van der Waals surface area contributed by atoms with E-state index in [1.165, 1.54) is 36.9 Å². The zero-order chi connectivity index (χ0) is 24.9. The Morgan fingerprint density at radius 1 is 1.00 bits per heavy atom. The number of aryl methyl sites for hydroxylation is 2.